The highest BCUT2D eigenvalue weighted by Gasteiger charge is 2.13. The summed E-state index contributed by atoms with van der Waals surface area (Å²) in [4.78, 5) is 12.2. The molecule has 0 aliphatic carbocycles. The van der Waals surface area contributed by atoms with Crippen molar-refractivity contribution in [1.82, 2.24) is 20.0 Å². The summed E-state index contributed by atoms with van der Waals surface area (Å²) in [7, 11) is 1.60. The number of aromatic nitrogens is 4. The maximum atomic E-state index is 12.2. The number of methoxy groups -OCH3 is 1. The summed E-state index contributed by atoms with van der Waals surface area (Å²) in [6, 6.07) is 16.0. The molecule has 4 aromatic rings. The number of carbonyl (C=O) groups is 1. The van der Waals surface area contributed by atoms with Crippen LogP contribution in [0.5, 0.6) is 5.75 Å². The molecule has 8 heteroatoms. The Hall–Kier alpha value is -3.94. The molecular formula is C20H16N4O4. The van der Waals surface area contributed by atoms with Crippen molar-refractivity contribution in [3.63, 3.8) is 0 Å². The minimum Gasteiger partial charge on any atom is -0.497 e. The van der Waals surface area contributed by atoms with Crippen molar-refractivity contribution in [3.8, 4) is 22.9 Å². The highest BCUT2D eigenvalue weighted by Crippen LogP contribution is 2.21. The smallest absolute Gasteiger partial charge is 0.338 e. The normalized spacial score (nSPS) is 10.6. The second-order valence-electron chi connectivity index (χ2n) is 5.80. The number of ether oxygens (including phenoxy) is 2. The summed E-state index contributed by atoms with van der Waals surface area (Å²) in [6.45, 7) is -0.108. The highest BCUT2D eigenvalue weighted by molar-refractivity contribution is 5.89. The summed E-state index contributed by atoms with van der Waals surface area (Å²) < 4.78 is 17.6. The van der Waals surface area contributed by atoms with E-state index in [4.69, 9.17) is 13.9 Å². The second-order valence-corrected chi connectivity index (χ2v) is 5.80. The number of benzene rings is 2. The summed E-state index contributed by atoms with van der Waals surface area (Å²) in [5.41, 5.74) is 2.02. The van der Waals surface area contributed by atoms with Crippen LogP contribution in [-0.4, -0.2) is 33.1 Å². The van der Waals surface area contributed by atoms with E-state index >= 15 is 0 Å². The second kappa shape index (κ2) is 7.75. The molecule has 0 amide bonds. The molecule has 0 saturated heterocycles. The Morgan fingerprint density at radius 3 is 2.54 bits per heavy atom. The lowest BCUT2D eigenvalue weighted by Crippen LogP contribution is -2.06. The van der Waals surface area contributed by atoms with Gasteiger partial charge in [0, 0.05) is 18.0 Å². The summed E-state index contributed by atoms with van der Waals surface area (Å²) in [5.74, 6) is 0.816. The maximum absolute atomic E-state index is 12.2. The fraction of sp³-hybridized carbons (Fsp3) is 0.100. The topological polar surface area (TPSA) is 92.3 Å². The van der Waals surface area contributed by atoms with E-state index in [1.807, 2.05) is 24.4 Å². The molecular weight excluding hydrogens is 360 g/mol. The fourth-order valence-corrected chi connectivity index (χ4v) is 2.54. The van der Waals surface area contributed by atoms with Gasteiger partial charge in [-0.1, -0.05) is 0 Å². The Morgan fingerprint density at radius 1 is 1.07 bits per heavy atom. The molecule has 0 atom stereocenters. The Morgan fingerprint density at radius 2 is 1.86 bits per heavy atom. The minimum absolute atomic E-state index is 0.108. The lowest BCUT2D eigenvalue weighted by Gasteiger charge is -2.04. The first-order valence-corrected chi connectivity index (χ1v) is 8.47. The van der Waals surface area contributed by atoms with Crippen LogP contribution in [0.25, 0.3) is 17.1 Å². The van der Waals surface area contributed by atoms with Gasteiger partial charge in [0.15, 0.2) is 6.61 Å². The molecule has 2 aromatic heterocycles. The first-order valence-electron chi connectivity index (χ1n) is 8.47. The van der Waals surface area contributed by atoms with Crippen LogP contribution >= 0.6 is 0 Å². The Labute approximate surface area is 160 Å². The Bertz CT molecular complexity index is 1050. The monoisotopic (exact) mass is 376 g/mol. The third kappa shape index (κ3) is 3.75. The van der Waals surface area contributed by atoms with Crippen molar-refractivity contribution >= 4 is 5.97 Å². The molecule has 2 aromatic carbocycles. The molecule has 140 valence electrons. The summed E-state index contributed by atoms with van der Waals surface area (Å²) >= 11 is 0. The van der Waals surface area contributed by atoms with E-state index in [1.54, 1.807) is 54.4 Å². The van der Waals surface area contributed by atoms with Gasteiger partial charge in [-0.3, -0.25) is 0 Å². The molecule has 2 heterocycles. The van der Waals surface area contributed by atoms with Gasteiger partial charge >= 0.3 is 5.97 Å². The van der Waals surface area contributed by atoms with Crippen LogP contribution < -0.4 is 4.74 Å². The first kappa shape index (κ1) is 17.5. The van der Waals surface area contributed by atoms with Gasteiger partial charge < -0.3 is 13.9 Å². The molecule has 0 unspecified atom stereocenters. The predicted octanol–water partition coefficient (Wildman–Crippen LogP) is 3.29. The number of nitrogens with zero attached hydrogens (tertiary/aromatic N) is 4. The quantitative estimate of drug-likeness (QED) is 0.477. The lowest BCUT2D eigenvalue weighted by atomic mass is 10.2. The standard InChI is InChI=1S/C20H16N4O4/c1-26-17-9-5-14(6-10-17)19-23-22-18(28-19)13-27-20(25)15-3-7-16(8-4-15)24-12-2-11-21-24/h2-12H,13H2,1H3. The number of carbonyl (C=O) groups excluding carboxylic acids is 1. The predicted molar refractivity (Wildman–Crippen MR) is 99.0 cm³/mol. The average molecular weight is 376 g/mol. The van der Waals surface area contributed by atoms with Crippen molar-refractivity contribution in [2.75, 3.05) is 7.11 Å². The van der Waals surface area contributed by atoms with Crippen LogP contribution in [0.4, 0.5) is 0 Å². The van der Waals surface area contributed by atoms with Crippen LogP contribution in [0, 0.1) is 0 Å². The van der Waals surface area contributed by atoms with E-state index in [0.717, 1.165) is 17.0 Å². The van der Waals surface area contributed by atoms with Gasteiger partial charge in [-0.15, -0.1) is 10.2 Å². The van der Waals surface area contributed by atoms with E-state index < -0.39 is 5.97 Å². The van der Waals surface area contributed by atoms with E-state index in [0.29, 0.717) is 11.5 Å². The van der Waals surface area contributed by atoms with Crippen LogP contribution in [0.3, 0.4) is 0 Å². The molecule has 0 radical (unpaired) electrons. The van der Waals surface area contributed by atoms with Crippen LogP contribution in [0.2, 0.25) is 0 Å². The Kier molecular flexibility index (Phi) is 4.83. The average Bonchev–Trinajstić information content (AvgIpc) is 3.44. The van der Waals surface area contributed by atoms with Gasteiger partial charge in [-0.2, -0.15) is 5.10 Å². The minimum atomic E-state index is -0.476. The molecule has 8 nitrogen and oxygen atoms in total. The maximum Gasteiger partial charge on any atom is 0.338 e. The molecule has 0 spiro atoms. The molecule has 0 aliphatic rings. The van der Waals surface area contributed by atoms with E-state index in [9.17, 15) is 4.79 Å². The molecule has 0 N–H and O–H groups in total. The third-order valence-electron chi connectivity index (χ3n) is 4.00. The number of hydrogen-bond donors (Lipinski definition) is 0. The molecule has 4 rings (SSSR count). The van der Waals surface area contributed by atoms with Gasteiger partial charge in [-0.25, -0.2) is 9.48 Å². The van der Waals surface area contributed by atoms with E-state index in [2.05, 4.69) is 15.3 Å². The first-order chi connectivity index (χ1) is 13.7. The molecule has 28 heavy (non-hydrogen) atoms. The van der Waals surface area contributed by atoms with Gasteiger partial charge in [0.2, 0.25) is 5.89 Å². The van der Waals surface area contributed by atoms with E-state index in [1.165, 1.54) is 0 Å². The third-order valence-corrected chi connectivity index (χ3v) is 4.00. The fourth-order valence-electron chi connectivity index (χ4n) is 2.54. The zero-order valence-corrected chi connectivity index (χ0v) is 15.0. The van der Waals surface area contributed by atoms with Crippen LogP contribution in [0.15, 0.2) is 71.4 Å². The Balaban J connectivity index is 1.37. The molecule has 0 bridgehead atoms. The van der Waals surface area contributed by atoms with Gasteiger partial charge in [0.1, 0.15) is 5.75 Å². The van der Waals surface area contributed by atoms with Crippen molar-refractivity contribution < 1.29 is 18.7 Å². The zero-order chi connectivity index (χ0) is 19.3. The summed E-state index contributed by atoms with van der Waals surface area (Å²) in [5, 5.41) is 12.0. The van der Waals surface area contributed by atoms with Crippen molar-refractivity contribution in [3.05, 3.63) is 78.4 Å². The van der Waals surface area contributed by atoms with Crippen LogP contribution in [0.1, 0.15) is 16.2 Å². The summed E-state index contributed by atoms with van der Waals surface area (Å²) in [6.07, 6.45) is 3.51. The van der Waals surface area contributed by atoms with Gasteiger partial charge in [-0.05, 0) is 54.6 Å². The number of hydrogen-bond acceptors (Lipinski definition) is 7. The van der Waals surface area contributed by atoms with Crippen molar-refractivity contribution in [2.45, 2.75) is 6.61 Å². The zero-order valence-electron chi connectivity index (χ0n) is 15.0. The molecule has 0 saturated carbocycles. The van der Waals surface area contributed by atoms with Crippen LogP contribution in [-0.2, 0) is 11.3 Å². The molecule has 0 aliphatic heterocycles. The van der Waals surface area contributed by atoms with E-state index in [-0.39, 0.29) is 12.5 Å². The molecule has 0 fully saturated rings. The van der Waals surface area contributed by atoms with Crippen molar-refractivity contribution in [2.24, 2.45) is 0 Å². The van der Waals surface area contributed by atoms with Crippen molar-refractivity contribution in [1.29, 1.82) is 0 Å². The SMILES string of the molecule is COc1ccc(-c2nnc(COC(=O)c3ccc(-n4cccn4)cc3)o2)cc1. The van der Waals surface area contributed by atoms with Gasteiger partial charge in [0.25, 0.3) is 5.89 Å². The largest absolute Gasteiger partial charge is 0.497 e. The lowest BCUT2D eigenvalue weighted by molar-refractivity contribution is 0.0438. The number of esters is 1. The van der Waals surface area contributed by atoms with Gasteiger partial charge in [0.05, 0.1) is 18.4 Å². The highest BCUT2D eigenvalue weighted by atomic mass is 16.5. The number of rotatable bonds is 6.